The second-order valence-corrected chi connectivity index (χ2v) is 10.6. The van der Waals surface area contributed by atoms with E-state index in [-0.39, 0.29) is 35.1 Å². The lowest BCUT2D eigenvalue weighted by Gasteiger charge is -2.38. The lowest BCUT2D eigenvalue weighted by atomic mass is 10.2. The summed E-state index contributed by atoms with van der Waals surface area (Å²) in [5, 5.41) is -0.766. The van der Waals surface area contributed by atoms with Crippen LogP contribution in [0, 0.1) is 5.82 Å². The molecule has 1 saturated heterocycles. The number of hydrogen-bond acceptors (Lipinski definition) is 5. The molecular weight excluding hydrogens is 393 g/mol. The number of rotatable bonds is 6. The second-order valence-electron chi connectivity index (χ2n) is 6.30. The third-order valence-corrected chi connectivity index (χ3v) is 8.31. The number of nitrogens with zero attached hydrogens (tertiary/aromatic N) is 1. The highest BCUT2D eigenvalue weighted by molar-refractivity contribution is 7.92. The molecule has 144 valence electrons. The molecule has 0 spiro atoms. The smallest absolute Gasteiger partial charge is 0.223 e. The van der Waals surface area contributed by atoms with Crippen molar-refractivity contribution in [3.8, 4) is 0 Å². The van der Waals surface area contributed by atoms with Crippen molar-refractivity contribution >= 4 is 25.6 Å². The minimum absolute atomic E-state index is 0.00390. The predicted octanol–water partition coefficient (Wildman–Crippen LogP) is 1.67. The number of carbonyl (C=O) groups is 1. The molecule has 9 heteroatoms. The highest BCUT2D eigenvalue weighted by atomic mass is 32.2. The highest BCUT2D eigenvalue weighted by Gasteiger charge is 2.40. The molecule has 0 atom stereocenters. The lowest BCUT2D eigenvalue weighted by Crippen LogP contribution is -2.57. The van der Waals surface area contributed by atoms with Gasteiger partial charge in [0.2, 0.25) is 5.91 Å². The number of carbonyl (C=O) groups excluding carboxylic acids is 1. The molecule has 0 saturated carbocycles. The summed E-state index contributed by atoms with van der Waals surface area (Å²) in [5.41, 5.74) is 0. The first-order chi connectivity index (χ1) is 12.7. The molecule has 0 aromatic heterocycles. The van der Waals surface area contributed by atoms with E-state index < -0.39 is 36.6 Å². The molecule has 1 heterocycles. The summed E-state index contributed by atoms with van der Waals surface area (Å²) in [6.45, 7) is 0.00779. The van der Waals surface area contributed by atoms with Gasteiger partial charge in [-0.3, -0.25) is 4.79 Å². The quantitative estimate of drug-likeness (QED) is 0.675. The molecule has 0 unspecified atom stereocenters. The van der Waals surface area contributed by atoms with Gasteiger partial charge in [0.25, 0.3) is 0 Å². The zero-order valence-corrected chi connectivity index (χ0v) is 15.9. The maximum atomic E-state index is 12.9. The van der Waals surface area contributed by atoms with Crippen molar-refractivity contribution in [2.75, 3.05) is 18.8 Å². The van der Waals surface area contributed by atoms with E-state index in [9.17, 15) is 26.0 Å². The molecule has 1 aliphatic rings. The number of likely N-dealkylation sites (tertiary alicyclic amines) is 1. The van der Waals surface area contributed by atoms with Gasteiger partial charge in [-0.25, -0.2) is 21.2 Å². The van der Waals surface area contributed by atoms with Crippen molar-refractivity contribution in [1.29, 1.82) is 0 Å². The minimum Gasteiger partial charge on any atom is -0.340 e. The molecule has 6 nitrogen and oxygen atoms in total. The Labute approximate surface area is 157 Å². The monoisotopic (exact) mass is 411 g/mol. The van der Waals surface area contributed by atoms with E-state index >= 15 is 0 Å². The number of benzene rings is 2. The summed E-state index contributed by atoms with van der Waals surface area (Å²) < 4.78 is 62.2. The Kier molecular flexibility index (Phi) is 5.34. The van der Waals surface area contributed by atoms with Crippen LogP contribution in [0.1, 0.15) is 6.42 Å². The van der Waals surface area contributed by atoms with Crippen LogP contribution in [-0.4, -0.2) is 51.7 Å². The van der Waals surface area contributed by atoms with E-state index in [1.54, 1.807) is 18.2 Å². The predicted molar refractivity (Wildman–Crippen MR) is 97.1 cm³/mol. The molecule has 2 aromatic rings. The van der Waals surface area contributed by atoms with E-state index in [0.717, 1.165) is 12.1 Å². The number of sulfone groups is 2. The van der Waals surface area contributed by atoms with Crippen LogP contribution in [0.5, 0.6) is 0 Å². The molecule has 27 heavy (non-hydrogen) atoms. The SMILES string of the molecule is O=C(CCS(=O)(=O)c1ccccc1)N1CC(S(=O)(=O)c2ccc(F)cc2)C1. The number of hydrogen-bond donors (Lipinski definition) is 0. The van der Waals surface area contributed by atoms with Gasteiger partial charge in [0.1, 0.15) is 11.1 Å². The Hall–Kier alpha value is -2.26. The third-order valence-electron chi connectivity index (χ3n) is 4.47. The minimum atomic E-state index is -3.65. The van der Waals surface area contributed by atoms with E-state index in [2.05, 4.69) is 0 Å². The first-order valence-electron chi connectivity index (χ1n) is 8.25. The Morgan fingerprint density at radius 2 is 1.52 bits per heavy atom. The molecule has 1 fully saturated rings. The Balaban J connectivity index is 1.56. The normalized spacial score (nSPS) is 15.4. The second kappa shape index (κ2) is 7.40. The molecule has 0 radical (unpaired) electrons. The zero-order valence-electron chi connectivity index (χ0n) is 14.3. The molecule has 1 aliphatic heterocycles. The summed E-state index contributed by atoms with van der Waals surface area (Å²) in [4.78, 5) is 13.7. The topological polar surface area (TPSA) is 88.6 Å². The molecule has 1 amide bonds. The van der Waals surface area contributed by atoms with Crippen molar-refractivity contribution in [3.05, 3.63) is 60.4 Å². The molecule has 0 N–H and O–H groups in total. The molecule has 0 bridgehead atoms. The van der Waals surface area contributed by atoms with Crippen LogP contribution in [0.2, 0.25) is 0 Å². The van der Waals surface area contributed by atoms with Gasteiger partial charge in [-0.1, -0.05) is 18.2 Å². The fourth-order valence-electron chi connectivity index (χ4n) is 2.78. The number of halogens is 1. The van der Waals surface area contributed by atoms with Crippen molar-refractivity contribution in [3.63, 3.8) is 0 Å². The largest absolute Gasteiger partial charge is 0.340 e. The summed E-state index contributed by atoms with van der Waals surface area (Å²) in [7, 11) is -7.21. The van der Waals surface area contributed by atoms with E-state index in [1.165, 1.54) is 29.2 Å². The fourth-order valence-corrected chi connectivity index (χ4v) is 5.68. The van der Waals surface area contributed by atoms with E-state index in [1.807, 2.05) is 0 Å². The Morgan fingerprint density at radius 3 is 2.11 bits per heavy atom. The van der Waals surface area contributed by atoms with Crippen molar-refractivity contribution < 1.29 is 26.0 Å². The maximum absolute atomic E-state index is 12.9. The van der Waals surface area contributed by atoms with Crippen LogP contribution < -0.4 is 0 Å². The summed E-state index contributed by atoms with van der Waals surface area (Å²) >= 11 is 0. The van der Waals surface area contributed by atoms with Crippen LogP contribution in [0.3, 0.4) is 0 Å². The standard InChI is InChI=1S/C18H18FNO5S2/c19-14-6-8-16(9-7-14)27(24,25)17-12-20(13-17)18(21)10-11-26(22,23)15-4-2-1-3-5-15/h1-9,17H,10-13H2. The summed E-state index contributed by atoms with van der Waals surface area (Å²) in [6, 6.07) is 12.4. The first-order valence-corrected chi connectivity index (χ1v) is 11.4. The van der Waals surface area contributed by atoms with Gasteiger partial charge < -0.3 is 4.90 Å². The molecule has 3 rings (SSSR count). The number of amides is 1. The maximum Gasteiger partial charge on any atom is 0.223 e. The Morgan fingerprint density at radius 1 is 0.926 bits per heavy atom. The highest BCUT2D eigenvalue weighted by Crippen LogP contribution is 2.24. The zero-order chi connectivity index (χ0) is 19.7. The van der Waals surface area contributed by atoms with E-state index in [0.29, 0.717) is 0 Å². The van der Waals surface area contributed by atoms with Gasteiger partial charge >= 0.3 is 0 Å². The van der Waals surface area contributed by atoms with Crippen molar-refractivity contribution in [2.45, 2.75) is 21.5 Å². The van der Waals surface area contributed by atoms with Crippen molar-refractivity contribution in [1.82, 2.24) is 4.90 Å². The Bertz CT molecular complexity index is 1030. The summed E-state index contributed by atoms with van der Waals surface area (Å²) in [5.74, 6) is -1.26. The third kappa shape index (κ3) is 4.19. The lowest BCUT2D eigenvalue weighted by molar-refractivity contribution is -0.133. The van der Waals surface area contributed by atoms with Gasteiger partial charge in [-0.2, -0.15) is 0 Å². The summed E-state index contributed by atoms with van der Waals surface area (Å²) in [6.07, 6.45) is -0.208. The van der Waals surface area contributed by atoms with Gasteiger partial charge in [0.15, 0.2) is 19.7 Å². The van der Waals surface area contributed by atoms with Gasteiger partial charge in [-0.15, -0.1) is 0 Å². The van der Waals surface area contributed by atoms with Crippen molar-refractivity contribution in [2.24, 2.45) is 0 Å². The van der Waals surface area contributed by atoms with E-state index in [4.69, 9.17) is 0 Å². The van der Waals surface area contributed by atoms with Crippen LogP contribution in [0.25, 0.3) is 0 Å². The molecular formula is C18H18FNO5S2. The molecule has 0 aliphatic carbocycles. The fraction of sp³-hybridized carbons (Fsp3) is 0.278. The molecule has 2 aromatic carbocycles. The van der Waals surface area contributed by atoms with Gasteiger partial charge in [0, 0.05) is 19.5 Å². The first kappa shape index (κ1) is 19.5. The van der Waals surface area contributed by atoms with Gasteiger partial charge in [0.05, 0.1) is 15.5 Å². The van der Waals surface area contributed by atoms with Crippen LogP contribution in [-0.2, 0) is 24.5 Å². The average Bonchev–Trinajstić information content (AvgIpc) is 2.60. The van der Waals surface area contributed by atoms with Crippen LogP contribution >= 0.6 is 0 Å². The van der Waals surface area contributed by atoms with Crippen LogP contribution in [0.4, 0.5) is 4.39 Å². The van der Waals surface area contributed by atoms with Gasteiger partial charge in [-0.05, 0) is 36.4 Å². The average molecular weight is 411 g/mol. The van der Waals surface area contributed by atoms with Crippen LogP contribution in [0.15, 0.2) is 64.4 Å².